The van der Waals surface area contributed by atoms with Gasteiger partial charge in [0.2, 0.25) is 0 Å². The molecule has 1 atom stereocenters. The molecule has 2 amide bonds. The average molecular weight is 292 g/mol. The third-order valence-corrected chi connectivity index (χ3v) is 4.04. The van der Waals surface area contributed by atoms with Crippen molar-refractivity contribution in [2.24, 2.45) is 5.92 Å². The van der Waals surface area contributed by atoms with Crippen molar-refractivity contribution in [2.75, 3.05) is 13.1 Å². The molecule has 0 aliphatic carbocycles. The molecular weight excluding hydrogens is 264 g/mol. The van der Waals surface area contributed by atoms with E-state index in [9.17, 15) is 4.79 Å². The molecule has 2 rings (SSSR count). The molecule has 1 aromatic heterocycles. The van der Waals surface area contributed by atoms with E-state index in [-0.39, 0.29) is 12.1 Å². The fourth-order valence-electron chi connectivity index (χ4n) is 2.98. The normalized spacial score (nSPS) is 18.5. The molecule has 118 valence electrons. The lowest BCUT2D eigenvalue weighted by molar-refractivity contribution is 0.204. The second kappa shape index (κ2) is 6.96. The summed E-state index contributed by atoms with van der Waals surface area (Å²) >= 11 is 0. The summed E-state index contributed by atoms with van der Waals surface area (Å²) in [5.41, 5.74) is 1.24. The molecule has 2 heterocycles. The Morgan fingerprint density at radius 2 is 2.29 bits per heavy atom. The summed E-state index contributed by atoms with van der Waals surface area (Å²) in [5, 5.41) is 2.97. The number of nitrogens with zero attached hydrogens (tertiary/aromatic N) is 3. The molecule has 5 heteroatoms. The smallest absolute Gasteiger partial charge is 0.317 e. The number of aromatic nitrogens is 2. The molecule has 1 aromatic rings. The van der Waals surface area contributed by atoms with Crippen LogP contribution in [0.3, 0.4) is 0 Å². The second-order valence-electron chi connectivity index (χ2n) is 6.38. The van der Waals surface area contributed by atoms with Crippen LogP contribution in [0.15, 0.2) is 6.20 Å². The highest BCUT2D eigenvalue weighted by Crippen LogP contribution is 2.21. The summed E-state index contributed by atoms with van der Waals surface area (Å²) in [4.78, 5) is 18.5. The number of nitrogens with one attached hydrogen (secondary N) is 1. The zero-order valence-corrected chi connectivity index (χ0v) is 13.7. The fraction of sp³-hybridized carbons (Fsp3) is 0.750. The number of rotatable bonds is 5. The molecule has 0 aromatic carbocycles. The van der Waals surface area contributed by atoms with E-state index in [1.54, 1.807) is 0 Å². The van der Waals surface area contributed by atoms with Crippen LogP contribution >= 0.6 is 0 Å². The monoisotopic (exact) mass is 292 g/mol. The molecule has 5 nitrogen and oxygen atoms in total. The Labute approximate surface area is 127 Å². The molecule has 21 heavy (non-hydrogen) atoms. The number of carbonyl (C=O) groups is 1. The van der Waals surface area contributed by atoms with Crippen molar-refractivity contribution >= 4 is 6.03 Å². The number of carbonyl (C=O) groups excluding carboxylic acids is 1. The molecule has 1 saturated heterocycles. The van der Waals surface area contributed by atoms with Crippen LogP contribution in [0.5, 0.6) is 0 Å². The van der Waals surface area contributed by atoms with E-state index in [1.807, 2.05) is 24.9 Å². The van der Waals surface area contributed by atoms with Gasteiger partial charge < -0.3 is 14.8 Å². The van der Waals surface area contributed by atoms with Crippen LogP contribution in [-0.2, 0) is 13.0 Å². The molecular formula is C16H28N4O. The number of amides is 2. The van der Waals surface area contributed by atoms with Crippen molar-refractivity contribution in [1.29, 1.82) is 0 Å². The van der Waals surface area contributed by atoms with E-state index in [0.717, 1.165) is 38.9 Å². The molecule has 1 fully saturated rings. The summed E-state index contributed by atoms with van der Waals surface area (Å²) in [6.45, 7) is 11.0. The SMILES string of the molecule is CCCn1c(C)cnc1CC1CCN(C(=O)NC(C)C)C1. The zero-order valence-electron chi connectivity index (χ0n) is 13.7. The molecule has 1 aliphatic rings. The molecule has 0 radical (unpaired) electrons. The molecule has 1 N–H and O–H groups in total. The maximum absolute atomic E-state index is 12.0. The van der Waals surface area contributed by atoms with Crippen molar-refractivity contribution in [3.63, 3.8) is 0 Å². The lowest BCUT2D eigenvalue weighted by Gasteiger charge is -2.19. The Bertz CT molecular complexity index is 481. The van der Waals surface area contributed by atoms with Crippen LogP contribution in [0.25, 0.3) is 0 Å². The van der Waals surface area contributed by atoms with Crippen LogP contribution in [0.1, 0.15) is 45.1 Å². The number of imidazole rings is 1. The molecule has 0 bridgehead atoms. The Hall–Kier alpha value is -1.52. The minimum absolute atomic E-state index is 0.0700. The second-order valence-corrected chi connectivity index (χ2v) is 6.38. The van der Waals surface area contributed by atoms with Crippen molar-refractivity contribution in [1.82, 2.24) is 19.8 Å². The van der Waals surface area contributed by atoms with Crippen LogP contribution in [0.2, 0.25) is 0 Å². The molecule has 0 saturated carbocycles. The predicted molar refractivity (Wildman–Crippen MR) is 84.3 cm³/mol. The number of urea groups is 1. The van der Waals surface area contributed by atoms with Gasteiger partial charge in [-0.15, -0.1) is 0 Å². The Morgan fingerprint density at radius 3 is 2.95 bits per heavy atom. The first kappa shape index (κ1) is 15.9. The summed E-state index contributed by atoms with van der Waals surface area (Å²) in [6, 6.07) is 0.267. The van der Waals surface area contributed by atoms with Gasteiger partial charge in [-0.2, -0.15) is 0 Å². The first-order valence-corrected chi connectivity index (χ1v) is 8.07. The van der Waals surface area contributed by atoms with E-state index >= 15 is 0 Å². The third kappa shape index (κ3) is 3.99. The minimum Gasteiger partial charge on any atom is -0.336 e. The lowest BCUT2D eigenvalue weighted by Crippen LogP contribution is -2.41. The van der Waals surface area contributed by atoms with E-state index in [1.165, 1.54) is 11.5 Å². The number of aryl methyl sites for hydroxylation is 1. The largest absolute Gasteiger partial charge is 0.336 e. The van der Waals surface area contributed by atoms with E-state index in [0.29, 0.717) is 5.92 Å². The van der Waals surface area contributed by atoms with E-state index < -0.39 is 0 Å². The highest BCUT2D eigenvalue weighted by atomic mass is 16.2. The average Bonchev–Trinajstić information content (AvgIpc) is 3.00. The predicted octanol–water partition coefficient (Wildman–Crippen LogP) is 2.58. The van der Waals surface area contributed by atoms with Gasteiger partial charge >= 0.3 is 6.03 Å². The summed E-state index contributed by atoms with van der Waals surface area (Å²) in [7, 11) is 0. The van der Waals surface area contributed by atoms with Gasteiger partial charge in [0.05, 0.1) is 0 Å². The maximum atomic E-state index is 12.0. The number of likely N-dealkylation sites (tertiary alicyclic amines) is 1. The first-order chi connectivity index (χ1) is 10.0. The fourth-order valence-corrected chi connectivity index (χ4v) is 2.98. The van der Waals surface area contributed by atoms with Crippen LogP contribution in [0, 0.1) is 12.8 Å². The molecule has 0 spiro atoms. The highest BCUT2D eigenvalue weighted by Gasteiger charge is 2.27. The lowest BCUT2D eigenvalue weighted by atomic mass is 10.0. The van der Waals surface area contributed by atoms with Gasteiger partial charge in [-0.1, -0.05) is 6.92 Å². The maximum Gasteiger partial charge on any atom is 0.317 e. The Morgan fingerprint density at radius 1 is 1.52 bits per heavy atom. The summed E-state index contributed by atoms with van der Waals surface area (Å²) in [6.07, 6.45) is 5.13. The van der Waals surface area contributed by atoms with Crippen LogP contribution in [-0.4, -0.2) is 39.6 Å². The summed E-state index contributed by atoms with van der Waals surface area (Å²) < 4.78 is 2.32. The Kier molecular flexibility index (Phi) is 5.26. The van der Waals surface area contributed by atoms with Crippen molar-refractivity contribution in [2.45, 2.75) is 59.5 Å². The van der Waals surface area contributed by atoms with Crippen LogP contribution < -0.4 is 5.32 Å². The van der Waals surface area contributed by atoms with Crippen molar-refractivity contribution in [3.05, 3.63) is 17.7 Å². The number of hydrogen-bond donors (Lipinski definition) is 1. The number of hydrogen-bond acceptors (Lipinski definition) is 2. The molecule has 1 aliphatic heterocycles. The van der Waals surface area contributed by atoms with Gasteiger partial charge in [0.15, 0.2) is 0 Å². The van der Waals surface area contributed by atoms with Crippen molar-refractivity contribution in [3.8, 4) is 0 Å². The van der Waals surface area contributed by atoms with Gasteiger partial charge in [0.25, 0.3) is 0 Å². The van der Waals surface area contributed by atoms with Gasteiger partial charge in [-0.3, -0.25) is 0 Å². The Balaban J connectivity index is 1.92. The minimum atomic E-state index is 0.0700. The highest BCUT2D eigenvalue weighted by molar-refractivity contribution is 5.74. The zero-order chi connectivity index (χ0) is 15.4. The van der Waals surface area contributed by atoms with Gasteiger partial charge in [0, 0.05) is 44.0 Å². The van der Waals surface area contributed by atoms with E-state index in [2.05, 4.69) is 28.7 Å². The van der Waals surface area contributed by atoms with Crippen LogP contribution in [0.4, 0.5) is 4.79 Å². The molecule has 1 unspecified atom stereocenters. The van der Waals surface area contributed by atoms with E-state index in [4.69, 9.17) is 0 Å². The summed E-state index contributed by atoms with van der Waals surface area (Å²) in [5.74, 6) is 1.70. The van der Waals surface area contributed by atoms with Gasteiger partial charge in [-0.25, -0.2) is 9.78 Å². The van der Waals surface area contributed by atoms with Crippen molar-refractivity contribution < 1.29 is 4.79 Å². The first-order valence-electron chi connectivity index (χ1n) is 8.07. The topological polar surface area (TPSA) is 50.2 Å². The third-order valence-electron chi connectivity index (χ3n) is 4.04. The quantitative estimate of drug-likeness (QED) is 0.907. The van der Waals surface area contributed by atoms with Gasteiger partial charge in [-0.05, 0) is 39.5 Å². The van der Waals surface area contributed by atoms with Gasteiger partial charge in [0.1, 0.15) is 5.82 Å². The standard InChI is InChI=1S/C16H28N4O/c1-5-7-20-13(4)10-17-15(20)9-14-6-8-19(11-14)16(21)18-12(2)3/h10,12,14H,5-9,11H2,1-4H3,(H,18,21).